The Morgan fingerprint density at radius 2 is 2.32 bits per heavy atom. The number of aryl methyl sites for hydroxylation is 1. The fraction of sp³-hybridized carbons (Fsp3) is 0.375. The fourth-order valence-electron chi connectivity index (χ4n) is 2.41. The highest BCUT2D eigenvalue weighted by Crippen LogP contribution is 2.35. The van der Waals surface area contributed by atoms with E-state index in [-0.39, 0.29) is 6.29 Å². The van der Waals surface area contributed by atoms with Gasteiger partial charge in [0.15, 0.2) is 12.6 Å². The van der Waals surface area contributed by atoms with Gasteiger partial charge in [-0.25, -0.2) is 4.98 Å². The lowest BCUT2D eigenvalue weighted by molar-refractivity contribution is -0.106. The number of ether oxygens (including phenoxy) is 2. The number of halogens is 1. The zero-order valence-corrected chi connectivity index (χ0v) is 13.7. The predicted molar refractivity (Wildman–Crippen MR) is 86.9 cm³/mol. The SMILES string of the molecule is Cc1nc(-c2sc(Cl)cc2C=O)ccc1OC1CCCCO1. The van der Waals surface area contributed by atoms with Crippen molar-refractivity contribution in [2.75, 3.05) is 6.61 Å². The van der Waals surface area contributed by atoms with Gasteiger partial charge in [-0.15, -0.1) is 11.3 Å². The maximum atomic E-state index is 11.1. The van der Waals surface area contributed by atoms with Crippen LogP contribution in [0.2, 0.25) is 4.34 Å². The number of thiophene rings is 1. The number of pyridine rings is 1. The molecule has 2 aromatic rings. The number of carbonyl (C=O) groups excluding carboxylic acids is 1. The summed E-state index contributed by atoms with van der Waals surface area (Å²) in [5.74, 6) is 0.714. The molecule has 1 atom stereocenters. The second kappa shape index (κ2) is 6.77. The summed E-state index contributed by atoms with van der Waals surface area (Å²) in [5, 5.41) is 0. The van der Waals surface area contributed by atoms with Crippen molar-refractivity contribution in [3.63, 3.8) is 0 Å². The highest BCUT2D eigenvalue weighted by atomic mass is 35.5. The smallest absolute Gasteiger partial charge is 0.199 e. The Bertz CT molecular complexity index is 680. The van der Waals surface area contributed by atoms with Crippen molar-refractivity contribution in [3.8, 4) is 16.3 Å². The quantitative estimate of drug-likeness (QED) is 0.771. The van der Waals surface area contributed by atoms with Crippen molar-refractivity contribution in [2.45, 2.75) is 32.5 Å². The minimum Gasteiger partial charge on any atom is -0.463 e. The molecule has 6 heteroatoms. The van der Waals surface area contributed by atoms with E-state index in [4.69, 9.17) is 21.1 Å². The molecule has 0 radical (unpaired) electrons. The third kappa shape index (κ3) is 3.32. The van der Waals surface area contributed by atoms with Crippen LogP contribution in [0.1, 0.15) is 35.3 Å². The lowest BCUT2D eigenvalue weighted by Gasteiger charge is -2.24. The molecule has 0 aromatic carbocycles. The van der Waals surface area contributed by atoms with Crippen molar-refractivity contribution < 1.29 is 14.3 Å². The molecule has 0 N–H and O–H groups in total. The molecule has 1 unspecified atom stereocenters. The van der Waals surface area contributed by atoms with E-state index in [1.165, 1.54) is 11.3 Å². The molecule has 1 fully saturated rings. The van der Waals surface area contributed by atoms with Gasteiger partial charge in [-0.2, -0.15) is 0 Å². The van der Waals surface area contributed by atoms with Crippen LogP contribution in [0, 0.1) is 6.92 Å². The van der Waals surface area contributed by atoms with Crippen LogP contribution >= 0.6 is 22.9 Å². The summed E-state index contributed by atoms with van der Waals surface area (Å²) >= 11 is 7.33. The van der Waals surface area contributed by atoms with Crippen LogP contribution < -0.4 is 4.74 Å². The number of rotatable bonds is 4. The van der Waals surface area contributed by atoms with Crippen molar-refractivity contribution in [2.24, 2.45) is 0 Å². The average molecular weight is 338 g/mol. The van der Waals surface area contributed by atoms with E-state index >= 15 is 0 Å². The fourth-order valence-corrected chi connectivity index (χ4v) is 3.58. The number of carbonyl (C=O) groups is 1. The second-order valence-corrected chi connectivity index (χ2v) is 6.83. The molecule has 22 heavy (non-hydrogen) atoms. The molecule has 0 spiro atoms. The molecule has 0 amide bonds. The molecular weight excluding hydrogens is 322 g/mol. The van der Waals surface area contributed by atoms with Crippen LogP contribution in [0.25, 0.3) is 10.6 Å². The van der Waals surface area contributed by atoms with E-state index in [0.717, 1.165) is 48.4 Å². The molecule has 4 nitrogen and oxygen atoms in total. The molecular formula is C16H16ClNO3S. The Labute approximate surface area is 138 Å². The number of aldehydes is 1. The lowest BCUT2D eigenvalue weighted by Crippen LogP contribution is -2.25. The van der Waals surface area contributed by atoms with Crippen LogP contribution in [0.5, 0.6) is 5.75 Å². The Hall–Kier alpha value is -1.43. The molecule has 1 saturated heterocycles. The van der Waals surface area contributed by atoms with Gasteiger partial charge in [0.1, 0.15) is 5.75 Å². The molecule has 0 aliphatic carbocycles. The Balaban J connectivity index is 1.83. The van der Waals surface area contributed by atoms with E-state index < -0.39 is 0 Å². The first-order chi connectivity index (χ1) is 10.7. The molecule has 1 aliphatic heterocycles. The molecule has 0 saturated carbocycles. The van der Waals surface area contributed by atoms with E-state index in [2.05, 4.69) is 4.98 Å². The number of hydrogen-bond donors (Lipinski definition) is 0. The summed E-state index contributed by atoms with van der Waals surface area (Å²) in [6, 6.07) is 5.38. The van der Waals surface area contributed by atoms with Gasteiger partial charge in [0.05, 0.1) is 27.2 Å². The minimum absolute atomic E-state index is 0.193. The lowest BCUT2D eigenvalue weighted by atomic mass is 10.2. The van der Waals surface area contributed by atoms with Crippen molar-refractivity contribution in [1.29, 1.82) is 0 Å². The maximum Gasteiger partial charge on any atom is 0.199 e. The van der Waals surface area contributed by atoms with Gasteiger partial charge in [0.2, 0.25) is 0 Å². The standard InChI is InChI=1S/C16H16ClNO3S/c1-10-13(21-15-4-2-3-7-20-15)6-5-12(18-10)16-11(9-19)8-14(17)22-16/h5-6,8-9,15H,2-4,7H2,1H3. The molecule has 3 heterocycles. The van der Waals surface area contributed by atoms with Crippen LogP contribution in [0.15, 0.2) is 18.2 Å². The van der Waals surface area contributed by atoms with E-state index in [0.29, 0.717) is 15.6 Å². The predicted octanol–water partition coefficient (Wildman–Crippen LogP) is 4.49. The summed E-state index contributed by atoms with van der Waals surface area (Å²) in [5.41, 5.74) is 2.06. The van der Waals surface area contributed by atoms with Crippen molar-refractivity contribution in [3.05, 3.63) is 33.8 Å². The van der Waals surface area contributed by atoms with Crippen molar-refractivity contribution >= 4 is 29.2 Å². The monoisotopic (exact) mass is 337 g/mol. The topological polar surface area (TPSA) is 48.4 Å². The van der Waals surface area contributed by atoms with Crippen molar-refractivity contribution in [1.82, 2.24) is 4.98 Å². The third-order valence-electron chi connectivity index (χ3n) is 3.52. The van der Waals surface area contributed by atoms with E-state index in [1.807, 2.05) is 19.1 Å². The van der Waals surface area contributed by atoms with Gasteiger partial charge >= 0.3 is 0 Å². The normalized spacial score (nSPS) is 18.2. The van der Waals surface area contributed by atoms with Gasteiger partial charge in [0.25, 0.3) is 0 Å². The van der Waals surface area contributed by atoms with Crippen LogP contribution in [0.4, 0.5) is 0 Å². The zero-order chi connectivity index (χ0) is 15.5. The van der Waals surface area contributed by atoms with Crippen LogP contribution in [0.3, 0.4) is 0 Å². The summed E-state index contributed by atoms with van der Waals surface area (Å²) in [6.07, 6.45) is 3.71. The third-order valence-corrected chi connectivity index (χ3v) is 4.83. The first-order valence-corrected chi connectivity index (χ1v) is 8.37. The van der Waals surface area contributed by atoms with Gasteiger partial charge in [0, 0.05) is 12.0 Å². The Kier molecular flexibility index (Phi) is 4.76. The first-order valence-electron chi connectivity index (χ1n) is 7.18. The molecule has 2 aromatic heterocycles. The van der Waals surface area contributed by atoms with Gasteiger partial charge < -0.3 is 9.47 Å². The van der Waals surface area contributed by atoms with E-state index in [1.54, 1.807) is 6.07 Å². The molecule has 116 valence electrons. The first kappa shape index (κ1) is 15.5. The summed E-state index contributed by atoms with van der Waals surface area (Å²) < 4.78 is 12.0. The average Bonchev–Trinajstić information content (AvgIpc) is 2.91. The zero-order valence-electron chi connectivity index (χ0n) is 12.2. The largest absolute Gasteiger partial charge is 0.463 e. The van der Waals surface area contributed by atoms with Gasteiger partial charge in [-0.3, -0.25) is 4.79 Å². The highest BCUT2D eigenvalue weighted by Gasteiger charge is 2.18. The highest BCUT2D eigenvalue weighted by molar-refractivity contribution is 7.19. The molecule has 0 bridgehead atoms. The Morgan fingerprint density at radius 3 is 3.00 bits per heavy atom. The van der Waals surface area contributed by atoms with Crippen LogP contribution in [-0.4, -0.2) is 24.2 Å². The van der Waals surface area contributed by atoms with Gasteiger partial charge in [-0.05, 0) is 38.0 Å². The minimum atomic E-state index is -0.193. The second-order valence-electron chi connectivity index (χ2n) is 5.15. The summed E-state index contributed by atoms with van der Waals surface area (Å²) in [6.45, 7) is 2.63. The number of aromatic nitrogens is 1. The summed E-state index contributed by atoms with van der Waals surface area (Å²) in [7, 11) is 0. The van der Waals surface area contributed by atoms with E-state index in [9.17, 15) is 4.79 Å². The maximum absolute atomic E-state index is 11.1. The number of hydrogen-bond acceptors (Lipinski definition) is 5. The van der Waals surface area contributed by atoms with Gasteiger partial charge in [-0.1, -0.05) is 11.6 Å². The molecule has 1 aliphatic rings. The van der Waals surface area contributed by atoms with Crippen LogP contribution in [-0.2, 0) is 4.74 Å². The Morgan fingerprint density at radius 1 is 1.45 bits per heavy atom. The molecule has 3 rings (SSSR count). The number of nitrogens with zero attached hydrogens (tertiary/aromatic N) is 1. The summed E-state index contributed by atoms with van der Waals surface area (Å²) in [4.78, 5) is 16.4.